The Morgan fingerprint density at radius 1 is 1.33 bits per heavy atom. The predicted molar refractivity (Wildman–Crippen MR) is 48.9 cm³/mol. The Hall–Kier alpha value is -1.35. The molecule has 2 nitrogen and oxygen atoms in total. The molecule has 0 atom stereocenters. The molecule has 0 fully saturated rings. The first-order valence-corrected chi connectivity index (χ1v) is 4.35. The number of aldehydes is 1. The van der Waals surface area contributed by atoms with Gasteiger partial charge in [0, 0.05) is 10.9 Å². The highest BCUT2D eigenvalue weighted by atomic mass is 32.1. The molecule has 3 heteroatoms. The topological polar surface area (TPSA) is 37.3 Å². The maximum absolute atomic E-state index is 10.6. The van der Waals surface area contributed by atoms with E-state index in [4.69, 9.17) is 0 Å². The molecule has 0 bridgehead atoms. The number of hydrogen-bond acceptors (Lipinski definition) is 3. The van der Waals surface area contributed by atoms with E-state index >= 15 is 0 Å². The number of carbonyl (C=O) groups is 1. The van der Waals surface area contributed by atoms with Gasteiger partial charge in [0.15, 0.2) is 6.29 Å². The van der Waals surface area contributed by atoms with Crippen LogP contribution in [-0.2, 0) is 0 Å². The molecule has 0 unspecified atom stereocenters. The normalized spacial score (nSPS) is 10.3. The zero-order chi connectivity index (χ0) is 8.55. The van der Waals surface area contributed by atoms with Crippen LogP contribution in [0.1, 0.15) is 10.4 Å². The Labute approximate surface area is 73.1 Å². The van der Waals surface area contributed by atoms with Gasteiger partial charge < -0.3 is 5.11 Å². The van der Waals surface area contributed by atoms with Crippen LogP contribution in [0, 0.1) is 0 Å². The highest BCUT2D eigenvalue weighted by Crippen LogP contribution is 2.31. The maximum atomic E-state index is 10.6. The van der Waals surface area contributed by atoms with E-state index in [1.807, 2.05) is 11.4 Å². The molecule has 0 aliphatic heterocycles. The van der Waals surface area contributed by atoms with E-state index in [2.05, 4.69) is 0 Å². The molecule has 0 saturated heterocycles. The summed E-state index contributed by atoms with van der Waals surface area (Å²) >= 11 is 1.43. The van der Waals surface area contributed by atoms with Crippen molar-refractivity contribution >= 4 is 27.7 Å². The summed E-state index contributed by atoms with van der Waals surface area (Å²) in [5.41, 5.74) is 0.629. The molecule has 0 amide bonds. The fourth-order valence-electron chi connectivity index (χ4n) is 1.17. The Balaban J connectivity index is 2.91. The summed E-state index contributed by atoms with van der Waals surface area (Å²) in [6.07, 6.45) is 0.800. The van der Waals surface area contributed by atoms with Gasteiger partial charge in [-0.1, -0.05) is 0 Å². The minimum Gasteiger partial charge on any atom is -0.506 e. The second-order valence-corrected chi connectivity index (χ2v) is 3.37. The van der Waals surface area contributed by atoms with Crippen LogP contribution in [0.25, 0.3) is 10.1 Å². The number of aromatic hydroxyl groups is 1. The van der Waals surface area contributed by atoms with Crippen molar-refractivity contribution in [2.45, 2.75) is 0 Å². The molecule has 1 aromatic carbocycles. The third kappa shape index (κ3) is 0.905. The van der Waals surface area contributed by atoms with E-state index in [9.17, 15) is 9.90 Å². The average Bonchev–Trinajstić information content (AvgIpc) is 2.54. The summed E-state index contributed by atoms with van der Waals surface area (Å²) < 4.78 is 0.777. The van der Waals surface area contributed by atoms with Gasteiger partial charge in [-0.25, -0.2) is 0 Å². The predicted octanol–water partition coefficient (Wildman–Crippen LogP) is 2.42. The molecule has 60 valence electrons. The number of phenolic OH excluding ortho intramolecular Hbond substituents is 1. The van der Waals surface area contributed by atoms with Gasteiger partial charge in [0.25, 0.3) is 0 Å². The molecule has 2 rings (SSSR count). The molecule has 0 saturated carbocycles. The number of fused-ring (bicyclic) bond motifs is 1. The largest absolute Gasteiger partial charge is 0.506 e. The van der Waals surface area contributed by atoms with Crippen LogP contribution in [0.15, 0.2) is 23.6 Å². The van der Waals surface area contributed by atoms with Crippen LogP contribution in [-0.4, -0.2) is 11.4 Å². The fraction of sp³-hybridized carbons (Fsp3) is 0. The van der Waals surface area contributed by atoms with Crippen LogP contribution in [0.3, 0.4) is 0 Å². The number of hydrogen-bond donors (Lipinski definition) is 1. The molecule has 1 N–H and O–H groups in total. The molecule has 12 heavy (non-hydrogen) atoms. The van der Waals surface area contributed by atoms with Gasteiger partial charge in [0.05, 0.1) is 4.70 Å². The molecule has 1 heterocycles. The molecule has 1 aromatic heterocycles. The lowest BCUT2D eigenvalue weighted by Crippen LogP contribution is -1.78. The number of benzene rings is 1. The molecule has 0 radical (unpaired) electrons. The summed E-state index contributed by atoms with van der Waals surface area (Å²) in [7, 11) is 0. The summed E-state index contributed by atoms with van der Waals surface area (Å²) in [4.78, 5) is 10.6. The standard InChI is InChI=1S/C9H6O2S/c10-5-6-1-2-8(11)9-7(6)3-4-12-9/h1-5,11H. The lowest BCUT2D eigenvalue weighted by Gasteiger charge is -1.95. The number of carbonyl (C=O) groups excluding carboxylic acids is 1. The molecular weight excluding hydrogens is 172 g/mol. The van der Waals surface area contributed by atoms with E-state index in [0.717, 1.165) is 16.4 Å². The highest BCUT2D eigenvalue weighted by molar-refractivity contribution is 7.17. The number of phenols is 1. The first kappa shape index (κ1) is 7.31. The Morgan fingerprint density at radius 2 is 2.17 bits per heavy atom. The molecule has 0 spiro atoms. The summed E-state index contributed by atoms with van der Waals surface area (Å²) in [6.45, 7) is 0. The van der Waals surface area contributed by atoms with Crippen LogP contribution in [0.4, 0.5) is 0 Å². The van der Waals surface area contributed by atoms with Crippen molar-refractivity contribution in [3.8, 4) is 5.75 Å². The van der Waals surface area contributed by atoms with Gasteiger partial charge in [0.2, 0.25) is 0 Å². The Bertz CT molecular complexity index is 431. The molecule has 2 aromatic rings. The first-order chi connectivity index (χ1) is 5.83. The third-order valence-electron chi connectivity index (χ3n) is 1.76. The smallest absolute Gasteiger partial charge is 0.150 e. The van der Waals surface area contributed by atoms with Crippen molar-refractivity contribution in [3.05, 3.63) is 29.1 Å². The molecular formula is C9H6O2S. The third-order valence-corrected chi connectivity index (χ3v) is 2.69. The molecule has 0 aliphatic carbocycles. The van der Waals surface area contributed by atoms with Crippen LogP contribution < -0.4 is 0 Å². The first-order valence-electron chi connectivity index (χ1n) is 3.47. The van der Waals surface area contributed by atoms with Crippen LogP contribution in [0.2, 0.25) is 0 Å². The number of thiophene rings is 1. The van der Waals surface area contributed by atoms with Crippen molar-refractivity contribution in [3.63, 3.8) is 0 Å². The monoisotopic (exact) mass is 178 g/mol. The fourth-order valence-corrected chi connectivity index (χ4v) is 2.01. The lowest BCUT2D eigenvalue weighted by molar-refractivity contribution is 0.112. The van der Waals surface area contributed by atoms with Gasteiger partial charge in [0.1, 0.15) is 5.75 Å². The van der Waals surface area contributed by atoms with Gasteiger partial charge in [-0.05, 0) is 23.6 Å². The van der Waals surface area contributed by atoms with Crippen molar-refractivity contribution in [2.75, 3.05) is 0 Å². The van der Waals surface area contributed by atoms with Crippen LogP contribution in [0.5, 0.6) is 5.75 Å². The second-order valence-electron chi connectivity index (χ2n) is 2.46. The van der Waals surface area contributed by atoms with Crippen molar-refractivity contribution in [2.24, 2.45) is 0 Å². The van der Waals surface area contributed by atoms with Crippen molar-refractivity contribution < 1.29 is 9.90 Å². The quantitative estimate of drug-likeness (QED) is 0.681. The summed E-state index contributed by atoms with van der Waals surface area (Å²) in [5, 5.41) is 12.1. The minimum atomic E-state index is 0.241. The lowest BCUT2D eigenvalue weighted by atomic mass is 10.1. The molecule has 0 aliphatic rings. The summed E-state index contributed by atoms with van der Waals surface area (Å²) in [6, 6.07) is 5.00. The van der Waals surface area contributed by atoms with Crippen molar-refractivity contribution in [1.82, 2.24) is 0 Å². The second kappa shape index (κ2) is 2.60. The Kier molecular flexibility index (Phi) is 1.59. The average molecular weight is 178 g/mol. The zero-order valence-corrected chi connectivity index (χ0v) is 6.97. The SMILES string of the molecule is O=Cc1ccc(O)c2sccc12. The van der Waals surface area contributed by atoms with Gasteiger partial charge in [-0.15, -0.1) is 11.3 Å². The van der Waals surface area contributed by atoms with E-state index in [-0.39, 0.29) is 5.75 Å². The Morgan fingerprint density at radius 3 is 2.92 bits per heavy atom. The van der Waals surface area contributed by atoms with Crippen molar-refractivity contribution in [1.29, 1.82) is 0 Å². The van der Waals surface area contributed by atoms with Gasteiger partial charge >= 0.3 is 0 Å². The minimum absolute atomic E-state index is 0.241. The van der Waals surface area contributed by atoms with E-state index < -0.39 is 0 Å². The van der Waals surface area contributed by atoms with Crippen LogP contribution >= 0.6 is 11.3 Å². The summed E-state index contributed by atoms with van der Waals surface area (Å²) in [5.74, 6) is 0.241. The van der Waals surface area contributed by atoms with E-state index in [1.54, 1.807) is 12.1 Å². The van der Waals surface area contributed by atoms with E-state index in [1.165, 1.54) is 11.3 Å². The van der Waals surface area contributed by atoms with E-state index in [0.29, 0.717) is 5.56 Å². The zero-order valence-electron chi connectivity index (χ0n) is 6.15. The number of rotatable bonds is 1. The van der Waals surface area contributed by atoms with Gasteiger partial charge in [-0.3, -0.25) is 4.79 Å². The van der Waals surface area contributed by atoms with Gasteiger partial charge in [-0.2, -0.15) is 0 Å². The maximum Gasteiger partial charge on any atom is 0.150 e. The highest BCUT2D eigenvalue weighted by Gasteiger charge is 2.04.